The number of aromatic hydroxyl groups is 1. The summed E-state index contributed by atoms with van der Waals surface area (Å²) in [6.07, 6.45) is -0.942. The number of carboxylic acids is 1. The summed E-state index contributed by atoms with van der Waals surface area (Å²) in [6, 6.07) is 0.602. The Kier molecular flexibility index (Phi) is 14.0. The second kappa shape index (κ2) is 17.9. The van der Waals surface area contributed by atoms with E-state index in [2.05, 4.69) is 21.3 Å². The molecule has 11 N–H and O–H groups in total. The van der Waals surface area contributed by atoms with Gasteiger partial charge in [0.05, 0.1) is 25.2 Å². The van der Waals surface area contributed by atoms with Gasteiger partial charge in [-0.25, -0.2) is 0 Å². The van der Waals surface area contributed by atoms with Gasteiger partial charge in [-0.2, -0.15) is 0 Å². The van der Waals surface area contributed by atoms with E-state index in [1.54, 1.807) is 12.1 Å². The van der Waals surface area contributed by atoms with E-state index in [4.69, 9.17) is 16.6 Å². The Hall–Kier alpha value is -5.30. The van der Waals surface area contributed by atoms with Gasteiger partial charge < -0.3 is 57.9 Å². The number of aliphatic hydroxyl groups excluding tert-OH is 1. The monoisotopic (exact) mass is 704 g/mol. The number of likely N-dealkylation sites (tertiary alicyclic amines) is 2. The maximum Gasteiger partial charge on any atom is 0.303 e. The molecule has 2 fully saturated rings. The van der Waals surface area contributed by atoms with Crippen LogP contribution in [0.25, 0.3) is 0 Å². The van der Waals surface area contributed by atoms with Crippen LogP contribution in [0.1, 0.15) is 44.6 Å². The quantitative estimate of drug-likeness (QED) is 0.0791. The summed E-state index contributed by atoms with van der Waals surface area (Å²) < 4.78 is 0. The number of hydrogen-bond donors (Lipinski definition) is 9. The number of β-amino-alcohol motifs (C(OH)–C–C–N with tert-alkyl or cyclic N) is 1. The number of carbonyl (C=O) groups is 8. The average molecular weight is 705 g/mol. The molecule has 3 rings (SSSR count). The van der Waals surface area contributed by atoms with Crippen molar-refractivity contribution in [2.75, 3.05) is 26.2 Å². The van der Waals surface area contributed by atoms with Crippen molar-refractivity contribution >= 4 is 47.3 Å². The number of benzene rings is 1. The Balaban J connectivity index is 1.55. The zero-order valence-electron chi connectivity index (χ0n) is 27.5. The molecule has 0 spiro atoms. The Bertz CT molecular complexity index is 1460. The highest BCUT2D eigenvalue weighted by molar-refractivity contribution is 5.96. The summed E-state index contributed by atoms with van der Waals surface area (Å²) in [6.45, 7) is 0.222. The maximum atomic E-state index is 13.7. The Labute approximate surface area is 287 Å². The molecule has 0 unspecified atom stereocenters. The third kappa shape index (κ3) is 11.1. The Morgan fingerprint density at radius 1 is 0.940 bits per heavy atom. The lowest BCUT2D eigenvalue weighted by Crippen LogP contribution is -2.56. The zero-order valence-corrected chi connectivity index (χ0v) is 27.5. The fourth-order valence-electron chi connectivity index (χ4n) is 5.74. The summed E-state index contributed by atoms with van der Waals surface area (Å²) in [5, 5.41) is 38.0. The molecule has 1 aromatic carbocycles. The number of carbonyl (C=O) groups excluding carboxylic acids is 7. The molecule has 0 saturated carbocycles. The van der Waals surface area contributed by atoms with Crippen LogP contribution in [-0.2, 0) is 44.8 Å². The summed E-state index contributed by atoms with van der Waals surface area (Å²) in [5.74, 6) is -6.31. The van der Waals surface area contributed by atoms with Crippen LogP contribution in [0, 0.1) is 0 Å². The zero-order chi connectivity index (χ0) is 37.1. The second-order valence-electron chi connectivity index (χ2n) is 12.2. The molecule has 2 saturated heterocycles. The lowest BCUT2D eigenvalue weighted by molar-refractivity contribution is -0.147. The van der Waals surface area contributed by atoms with Crippen molar-refractivity contribution in [2.45, 2.75) is 81.8 Å². The van der Waals surface area contributed by atoms with E-state index in [0.717, 1.165) is 0 Å². The van der Waals surface area contributed by atoms with Crippen molar-refractivity contribution in [3.63, 3.8) is 0 Å². The van der Waals surface area contributed by atoms with Crippen LogP contribution in [0.3, 0.4) is 0 Å². The fourth-order valence-corrected chi connectivity index (χ4v) is 5.74. The molecule has 19 heteroatoms. The minimum absolute atomic E-state index is 0.0652. The molecule has 2 heterocycles. The highest BCUT2D eigenvalue weighted by Gasteiger charge is 2.45. The lowest BCUT2D eigenvalue weighted by Gasteiger charge is -2.32. The molecular formula is C31H44N8O11. The number of aliphatic hydroxyl groups is 1. The molecule has 2 aliphatic rings. The topological polar surface area (TPSA) is 304 Å². The number of nitrogens with two attached hydrogens (primary N) is 2. The Morgan fingerprint density at radius 2 is 1.62 bits per heavy atom. The highest BCUT2D eigenvalue weighted by Crippen LogP contribution is 2.26. The van der Waals surface area contributed by atoms with E-state index in [9.17, 15) is 48.6 Å². The molecule has 7 amide bonds. The minimum atomic E-state index is -1.35. The molecule has 2 aliphatic heterocycles. The van der Waals surface area contributed by atoms with Crippen LogP contribution in [0.4, 0.5) is 0 Å². The molecule has 19 nitrogen and oxygen atoms in total. The van der Waals surface area contributed by atoms with Crippen LogP contribution < -0.4 is 32.7 Å². The summed E-state index contributed by atoms with van der Waals surface area (Å²) in [7, 11) is 0. The second-order valence-corrected chi connectivity index (χ2v) is 12.2. The number of hydrogen-bond acceptors (Lipinski definition) is 11. The van der Waals surface area contributed by atoms with Crippen molar-refractivity contribution in [3.05, 3.63) is 29.8 Å². The largest absolute Gasteiger partial charge is 0.508 e. The number of primary amides is 1. The maximum absolute atomic E-state index is 13.7. The van der Waals surface area contributed by atoms with Gasteiger partial charge >= 0.3 is 5.97 Å². The van der Waals surface area contributed by atoms with E-state index in [-0.39, 0.29) is 38.1 Å². The van der Waals surface area contributed by atoms with Gasteiger partial charge in [-0.1, -0.05) is 12.1 Å². The van der Waals surface area contributed by atoms with Gasteiger partial charge in [-0.3, -0.25) is 38.4 Å². The first-order chi connectivity index (χ1) is 23.6. The first kappa shape index (κ1) is 39.1. The molecule has 50 heavy (non-hydrogen) atoms. The van der Waals surface area contributed by atoms with E-state index in [1.807, 2.05) is 0 Å². The van der Waals surface area contributed by atoms with Crippen molar-refractivity contribution in [2.24, 2.45) is 11.5 Å². The molecule has 0 radical (unpaired) electrons. The average Bonchev–Trinajstić information content (AvgIpc) is 3.71. The summed E-state index contributed by atoms with van der Waals surface area (Å²) in [4.78, 5) is 102. The van der Waals surface area contributed by atoms with Crippen molar-refractivity contribution in [1.82, 2.24) is 31.1 Å². The number of aliphatic carboxylic acids is 1. The number of carboxylic acid groups (broad SMARTS) is 1. The molecule has 6 atom stereocenters. The molecule has 274 valence electrons. The molecule has 1 aromatic rings. The number of phenols is 1. The van der Waals surface area contributed by atoms with Gasteiger partial charge in [0.25, 0.3) is 0 Å². The smallest absolute Gasteiger partial charge is 0.303 e. The van der Waals surface area contributed by atoms with Gasteiger partial charge in [-0.15, -0.1) is 0 Å². The van der Waals surface area contributed by atoms with Crippen LogP contribution in [-0.4, -0.2) is 135 Å². The van der Waals surface area contributed by atoms with Gasteiger partial charge in [0.1, 0.15) is 29.9 Å². The standard InChI is InChI=1S/C31H44N8O11/c1-16(27(46)37-21(8-9-26(44)45)28(47)34-13-24(33)42)36-25(43)14-35-29(48)23-12-19(41)15-39(23)31(50)22-3-2-10-38(22)30(49)20(32)11-17-4-6-18(40)7-5-17/h4-7,16,19-23,40-41H,2-3,8-15,32H2,1H3,(H2,33,42)(H,34,47)(H,35,48)(H,36,43)(H,37,46)(H,44,45)/t16-,19+,20-,21-,22-,23-/m0/s1. The lowest BCUT2D eigenvalue weighted by atomic mass is 10.0. The van der Waals surface area contributed by atoms with E-state index < -0.39 is 103 Å². The normalized spacial score (nSPS) is 20.3. The first-order valence-electron chi connectivity index (χ1n) is 16.0. The van der Waals surface area contributed by atoms with Crippen LogP contribution >= 0.6 is 0 Å². The van der Waals surface area contributed by atoms with E-state index in [0.29, 0.717) is 18.4 Å². The number of nitrogens with zero attached hydrogens (tertiary/aromatic N) is 2. The van der Waals surface area contributed by atoms with Gasteiger partial charge in [0.15, 0.2) is 0 Å². The SMILES string of the molecule is C[C@H](NC(=O)CNC(=O)[C@@H]1C[C@@H](O)CN1C(=O)[C@@H]1CCCN1C(=O)[C@@H](N)Cc1ccc(O)cc1)C(=O)N[C@@H](CCC(=O)O)C(=O)NCC(N)=O. The summed E-state index contributed by atoms with van der Waals surface area (Å²) in [5.41, 5.74) is 11.9. The predicted octanol–water partition coefficient (Wildman–Crippen LogP) is -4.21. The predicted molar refractivity (Wildman–Crippen MR) is 172 cm³/mol. The highest BCUT2D eigenvalue weighted by atomic mass is 16.4. The van der Waals surface area contributed by atoms with Crippen LogP contribution in [0.15, 0.2) is 24.3 Å². The van der Waals surface area contributed by atoms with E-state index >= 15 is 0 Å². The fraction of sp³-hybridized carbons (Fsp3) is 0.548. The number of nitrogens with one attached hydrogen (secondary N) is 4. The minimum Gasteiger partial charge on any atom is -0.508 e. The first-order valence-corrected chi connectivity index (χ1v) is 16.0. The number of amides is 7. The third-order valence-electron chi connectivity index (χ3n) is 8.31. The number of rotatable bonds is 16. The van der Waals surface area contributed by atoms with Gasteiger partial charge in [0.2, 0.25) is 41.4 Å². The van der Waals surface area contributed by atoms with Crippen molar-refractivity contribution in [1.29, 1.82) is 0 Å². The molecule has 0 bridgehead atoms. The van der Waals surface area contributed by atoms with E-state index in [1.165, 1.54) is 28.9 Å². The van der Waals surface area contributed by atoms with Crippen molar-refractivity contribution in [3.8, 4) is 5.75 Å². The molecule has 0 aromatic heterocycles. The molecular weight excluding hydrogens is 660 g/mol. The Morgan fingerprint density at radius 3 is 2.26 bits per heavy atom. The van der Waals surface area contributed by atoms with Gasteiger partial charge in [-0.05, 0) is 50.3 Å². The van der Waals surface area contributed by atoms with Crippen LogP contribution in [0.2, 0.25) is 0 Å². The summed E-state index contributed by atoms with van der Waals surface area (Å²) >= 11 is 0. The third-order valence-corrected chi connectivity index (χ3v) is 8.31. The van der Waals surface area contributed by atoms with Crippen molar-refractivity contribution < 1.29 is 53.7 Å². The molecule has 0 aliphatic carbocycles. The number of phenolic OH excluding ortho intramolecular Hbond substituents is 1. The van der Waals surface area contributed by atoms with Gasteiger partial charge in [0, 0.05) is 25.9 Å². The van der Waals surface area contributed by atoms with Crippen LogP contribution in [0.5, 0.6) is 5.75 Å².